The molecule has 4 nitrogen and oxygen atoms in total. The SMILES string of the molecule is CC12CC3CC(C)(C1)CC(N)(C3)C2.COc1ccc2cc([C@H](C)C(=O)O)ccc2c1. The van der Waals surface area contributed by atoms with Crippen LogP contribution < -0.4 is 10.5 Å². The van der Waals surface area contributed by atoms with Gasteiger partial charge in [0.2, 0.25) is 0 Å². The number of carboxylic acids is 1. The zero-order valence-electron chi connectivity index (χ0n) is 18.7. The maximum Gasteiger partial charge on any atom is 0.310 e. The van der Waals surface area contributed by atoms with E-state index in [-0.39, 0.29) is 5.54 Å². The molecule has 4 fully saturated rings. The minimum absolute atomic E-state index is 0.225. The summed E-state index contributed by atoms with van der Waals surface area (Å²) >= 11 is 0. The van der Waals surface area contributed by atoms with E-state index in [0.717, 1.165) is 28.0 Å². The van der Waals surface area contributed by atoms with Gasteiger partial charge in [-0.25, -0.2) is 0 Å². The number of aliphatic carboxylic acids is 1. The molecule has 0 heterocycles. The summed E-state index contributed by atoms with van der Waals surface area (Å²) < 4.78 is 5.14. The fourth-order valence-corrected chi connectivity index (χ4v) is 7.32. The topological polar surface area (TPSA) is 72.5 Å². The number of ether oxygens (including phenoxy) is 1. The molecule has 0 aromatic heterocycles. The molecule has 30 heavy (non-hydrogen) atoms. The minimum atomic E-state index is -0.808. The number of rotatable bonds is 3. The van der Waals surface area contributed by atoms with Gasteiger partial charge in [-0.1, -0.05) is 38.1 Å². The molecule has 0 saturated heterocycles. The highest BCUT2D eigenvalue weighted by atomic mass is 16.5. The number of carbonyl (C=O) groups is 1. The zero-order valence-corrected chi connectivity index (χ0v) is 18.7. The van der Waals surface area contributed by atoms with E-state index in [1.807, 2.05) is 36.4 Å². The second kappa shape index (κ2) is 7.26. The number of fused-ring (bicyclic) bond motifs is 1. The fourth-order valence-electron chi connectivity index (χ4n) is 7.32. The molecule has 3 atom stereocenters. The first-order valence-electron chi connectivity index (χ1n) is 11.1. The van der Waals surface area contributed by atoms with Gasteiger partial charge < -0.3 is 15.6 Å². The van der Waals surface area contributed by atoms with Crippen LogP contribution in [-0.4, -0.2) is 23.7 Å². The molecule has 0 radical (unpaired) electrons. The quantitative estimate of drug-likeness (QED) is 0.679. The molecule has 0 aliphatic heterocycles. The molecule has 3 N–H and O–H groups in total. The second-order valence-corrected chi connectivity index (χ2v) is 11.0. The van der Waals surface area contributed by atoms with Crippen LogP contribution in [0.3, 0.4) is 0 Å². The highest BCUT2D eigenvalue weighted by molar-refractivity contribution is 5.86. The number of carboxylic acid groups (broad SMARTS) is 1. The molecular weight excluding hydrogens is 374 g/mol. The maximum absolute atomic E-state index is 10.9. The lowest BCUT2D eigenvalue weighted by Gasteiger charge is -2.64. The van der Waals surface area contributed by atoms with E-state index in [2.05, 4.69) is 13.8 Å². The van der Waals surface area contributed by atoms with Gasteiger partial charge in [-0.3, -0.25) is 4.79 Å². The molecule has 0 amide bonds. The van der Waals surface area contributed by atoms with Gasteiger partial charge in [0.25, 0.3) is 0 Å². The Hall–Kier alpha value is -2.07. The summed E-state index contributed by atoms with van der Waals surface area (Å²) in [6.07, 6.45) is 8.27. The molecule has 4 aliphatic carbocycles. The van der Waals surface area contributed by atoms with Crippen molar-refractivity contribution in [2.24, 2.45) is 22.5 Å². The maximum atomic E-state index is 10.9. The molecule has 0 spiro atoms. The summed E-state index contributed by atoms with van der Waals surface area (Å²) in [7, 11) is 1.63. The van der Waals surface area contributed by atoms with E-state index in [4.69, 9.17) is 15.6 Å². The van der Waals surface area contributed by atoms with Crippen molar-refractivity contribution < 1.29 is 14.6 Å². The van der Waals surface area contributed by atoms with Crippen molar-refractivity contribution in [2.45, 2.75) is 70.8 Å². The smallest absolute Gasteiger partial charge is 0.310 e. The minimum Gasteiger partial charge on any atom is -0.497 e. The van der Waals surface area contributed by atoms with E-state index < -0.39 is 11.9 Å². The first-order valence-corrected chi connectivity index (χ1v) is 11.1. The van der Waals surface area contributed by atoms with Gasteiger partial charge in [0.1, 0.15) is 5.75 Å². The second-order valence-electron chi connectivity index (χ2n) is 11.0. The van der Waals surface area contributed by atoms with Crippen LogP contribution in [0.1, 0.15) is 70.8 Å². The summed E-state index contributed by atoms with van der Waals surface area (Å²) in [6, 6.07) is 11.4. The molecule has 6 rings (SSSR count). The van der Waals surface area contributed by atoms with Gasteiger partial charge in [-0.05, 0) is 90.7 Å². The van der Waals surface area contributed by atoms with Gasteiger partial charge in [-0.2, -0.15) is 0 Å². The van der Waals surface area contributed by atoms with Gasteiger partial charge >= 0.3 is 5.97 Å². The molecule has 4 aliphatic rings. The molecule has 162 valence electrons. The van der Waals surface area contributed by atoms with Crippen molar-refractivity contribution in [3.8, 4) is 5.75 Å². The number of hydrogen-bond donors (Lipinski definition) is 2. The van der Waals surface area contributed by atoms with Crippen molar-refractivity contribution in [3.63, 3.8) is 0 Å². The van der Waals surface area contributed by atoms with Crippen LogP contribution in [0.2, 0.25) is 0 Å². The third kappa shape index (κ3) is 4.07. The predicted molar refractivity (Wildman–Crippen MR) is 121 cm³/mol. The summed E-state index contributed by atoms with van der Waals surface area (Å²) in [5.41, 5.74) is 8.73. The van der Waals surface area contributed by atoms with Crippen LogP contribution in [0, 0.1) is 16.7 Å². The lowest BCUT2D eigenvalue weighted by atomic mass is 9.43. The van der Waals surface area contributed by atoms with E-state index in [1.54, 1.807) is 14.0 Å². The zero-order chi connectivity index (χ0) is 21.7. The fraction of sp³-hybridized carbons (Fsp3) is 0.577. The molecule has 4 saturated carbocycles. The average molecular weight is 410 g/mol. The number of nitrogens with two attached hydrogens (primary N) is 1. The summed E-state index contributed by atoms with van der Waals surface area (Å²) in [5, 5.41) is 11.0. The van der Waals surface area contributed by atoms with Crippen LogP contribution in [0.4, 0.5) is 0 Å². The van der Waals surface area contributed by atoms with Crippen LogP contribution in [0.5, 0.6) is 5.75 Å². The van der Waals surface area contributed by atoms with E-state index >= 15 is 0 Å². The molecular formula is C26H35NO3. The number of hydrogen-bond acceptors (Lipinski definition) is 3. The Balaban J connectivity index is 0.000000150. The van der Waals surface area contributed by atoms with Crippen molar-refractivity contribution in [1.82, 2.24) is 0 Å². The Kier molecular flexibility index (Phi) is 5.13. The van der Waals surface area contributed by atoms with Gasteiger partial charge in [0.05, 0.1) is 13.0 Å². The Morgan fingerprint density at radius 1 is 1.03 bits per heavy atom. The van der Waals surface area contributed by atoms with Crippen molar-refractivity contribution >= 4 is 16.7 Å². The van der Waals surface area contributed by atoms with Crippen molar-refractivity contribution in [3.05, 3.63) is 42.0 Å². The summed E-state index contributed by atoms with van der Waals surface area (Å²) in [5.74, 6) is 0.465. The molecule has 2 unspecified atom stereocenters. The standard InChI is InChI=1S/C14H14O3.C12H21N/c1-9(14(15)16)10-3-4-12-8-13(17-2)6-5-11(12)7-10;1-10-3-9-4-11(2,6-10)8-12(13,5-9)7-10/h3-9H,1-2H3,(H,15,16);9H,3-8,13H2,1-2H3/t9-;/m0./s1. The Morgan fingerprint density at radius 2 is 1.63 bits per heavy atom. The highest BCUT2D eigenvalue weighted by Gasteiger charge is 2.58. The number of methoxy groups -OCH3 is 1. The van der Waals surface area contributed by atoms with Crippen LogP contribution in [0.15, 0.2) is 36.4 Å². The van der Waals surface area contributed by atoms with Gasteiger partial charge in [0, 0.05) is 5.54 Å². The molecule has 4 heteroatoms. The molecule has 2 aromatic carbocycles. The lowest BCUT2D eigenvalue weighted by molar-refractivity contribution is -0.138. The molecule has 4 bridgehead atoms. The van der Waals surface area contributed by atoms with E-state index in [0.29, 0.717) is 10.8 Å². The normalized spacial score (nSPS) is 34.9. The van der Waals surface area contributed by atoms with Crippen LogP contribution >= 0.6 is 0 Å². The average Bonchev–Trinajstić information content (AvgIpc) is 2.63. The Labute approximate surface area is 179 Å². The van der Waals surface area contributed by atoms with E-state index in [9.17, 15) is 4.79 Å². The predicted octanol–water partition coefficient (Wildman–Crippen LogP) is 5.73. The monoisotopic (exact) mass is 409 g/mol. The first kappa shape index (κ1) is 21.2. The van der Waals surface area contributed by atoms with Crippen LogP contribution in [-0.2, 0) is 4.79 Å². The van der Waals surface area contributed by atoms with Crippen molar-refractivity contribution in [2.75, 3.05) is 7.11 Å². The van der Waals surface area contributed by atoms with Gasteiger partial charge in [0.15, 0.2) is 0 Å². The van der Waals surface area contributed by atoms with Crippen LogP contribution in [0.25, 0.3) is 10.8 Å². The Morgan fingerprint density at radius 3 is 2.17 bits per heavy atom. The highest BCUT2D eigenvalue weighted by Crippen LogP contribution is 2.65. The largest absolute Gasteiger partial charge is 0.497 e. The van der Waals surface area contributed by atoms with E-state index in [1.165, 1.54) is 38.5 Å². The number of benzene rings is 2. The first-order chi connectivity index (χ1) is 14.0. The third-order valence-corrected chi connectivity index (χ3v) is 7.61. The van der Waals surface area contributed by atoms with Crippen molar-refractivity contribution in [1.29, 1.82) is 0 Å². The third-order valence-electron chi connectivity index (χ3n) is 7.61. The molecule has 2 aromatic rings. The van der Waals surface area contributed by atoms with Gasteiger partial charge in [-0.15, -0.1) is 0 Å². The summed E-state index contributed by atoms with van der Waals surface area (Å²) in [6.45, 7) is 6.63. The summed E-state index contributed by atoms with van der Waals surface area (Å²) in [4.78, 5) is 10.9. The lowest BCUT2D eigenvalue weighted by Crippen LogP contribution is -2.62. The Bertz CT molecular complexity index is 917.